The van der Waals surface area contributed by atoms with Crippen molar-refractivity contribution in [2.24, 2.45) is 0 Å². The summed E-state index contributed by atoms with van der Waals surface area (Å²) in [6, 6.07) is 6.51. The molecule has 2 atom stereocenters. The highest BCUT2D eigenvalue weighted by atomic mass is 32.2. The van der Waals surface area contributed by atoms with Gasteiger partial charge in [0.1, 0.15) is 17.8 Å². The molecule has 1 amide bonds. The summed E-state index contributed by atoms with van der Waals surface area (Å²) >= 11 is -0.941. The summed E-state index contributed by atoms with van der Waals surface area (Å²) in [5.74, 6) is 1.79. The van der Waals surface area contributed by atoms with E-state index in [1.165, 1.54) is 0 Å². The lowest BCUT2D eigenvalue weighted by atomic mass is 10.0. The Bertz CT molecular complexity index is 1110. The Balaban J connectivity index is 1.58. The minimum Gasteiger partial charge on any atom is -0.598 e. The number of rotatable bonds is 4. The van der Waals surface area contributed by atoms with Gasteiger partial charge in [0.15, 0.2) is 0 Å². The van der Waals surface area contributed by atoms with Crippen molar-refractivity contribution >= 4 is 28.3 Å². The molecule has 1 unspecified atom stereocenters. The van der Waals surface area contributed by atoms with E-state index in [-0.39, 0.29) is 18.0 Å². The highest BCUT2D eigenvalue weighted by Gasteiger charge is 2.33. The number of carbonyl (C=O) groups is 1. The summed E-state index contributed by atoms with van der Waals surface area (Å²) in [5.41, 5.74) is 4.88. The molecule has 8 nitrogen and oxygen atoms in total. The van der Waals surface area contributed by atoms with Crippen LogP contribution in [0.25, 0.3) is 22.2 Å². The van der Waals surface area contributed by atoms with Gasteiger partial charge in [-0.25, -0.2) is 4.98 Å². The van der Waals surface area contributed by atoms with Crippen molar-refractivity contribution in [3.05, 3.63) is 35.5 Å². The molecule has 1 N–H and O–H groups in total. The van der Waals surface area contributed by atoms with Gasteiger partial charge in [-0.3, -0.25) is 4.79 Å². The van der Waals surface area contributed by atoms with Gasteiger partial charge >= 0.3 is 0 Å². The number of hydrogen-bond donors (Lipinski definition) is 1. The second-order valence-electron chi connectivity index (χ2n) is 8.49. The van der Waals surface area contributed by atoms with Crippen molar-refractivity contribution in [2.45, 2.75) is 51.6 Å². The van der Waals surface area contributed by atoms with Crippen LogP contribution in [-0.2, 0) is 16.2 Å². The second kappa shape index (κ2) is 7.96. The molecule has 2 aliphatic rings. The van der Waals surface area contributed by atoms with Gasteiger partial charge in [0, 0.05) is 42.5 Å². The van der Waals surface area contributed by atoms with E-state index in [1.54, 1.807) is 6.26 Å². The summed E-state index contributed by atoms with van der Waals surface area (Å²) in [5, 5.41) is 7.18. The number of fused-ring (bicyclic) bond motifs is 1. The van der Waals surface area contributed by atoms with E-state index in [0.29, 0.717) is 6.42 Å². The molecule has 0 bridgehead atoms. The van der Waals surface area contributed by atoms with Gasteiger partial charge in [0.05, 0.1) is 22.8 Å². The van der Waals surface area contributed by atoms with E-state index in [1.807, 2.05) is 18.2 Å². The first-order valence-electron chi connectivity index (χ1n) is 10.8. The number of nitrogens with one attached hydrogen (secondary N) is 1. The van der Waals surface area contributed by atoms with E-state index < -0.39 is 11.4 Å². The fraction of sp³-hybridized carbons (Fsp3) is 0.500. The van der Waals surface area contributed by atoms with Gasteiger partial charge in [-0.2, -0.15) is 0 Å². The Morgan fingerprint density at radius 3 is 2.61 bits per heavy atom. The SMILES string of the molecule is Cc1noc(C)c1-c1ccc2c(c1)nc([C@@H]1CCC(=O)N1)n2C1CCN([S+](C)[O-])CC1. The minimum absolute atomic E-state index is 0.0687. The Hall–Kier alpha value is -2.36. The van der Waals surface area contributed by atoms with Crippen molar-refractivity contribution in [3.63, 3.8) is 0 Å². The third kappa shape index (κ3) is 3.64. The standard InChI is InChI=1S/C22H27N5O3S/c1-13-21(14(2)30-25-13)15-4-6-19-18(12-15)24-22(17-5-7-20(28)23-17)27(19)16-8-10-26(11-9-16)31(3)29/h4,6,12,16-17H,5,7-11H2,1-3H3,(H,23,28)/t17-,31?/m0/s1. The van der Waals surface area contributed by atoms with Gasteiger partial charge in [-0.15, -0.1) is 4.31 Å². The molecule has 9 heteroatoms. The van der Waals surface area contributed by atoms with Crippen LogP contribution in [0.3, 0.4) is 0 Å². The van der Waals surface area contributed by atoms with Gasteiger partial charge in [0.25, 0.3) is 0 Å². The highest BCUT2D eigenvalue weighted by molar-refractivity contribution is 7.88. The minimum atomic E-state index is -0.941. The molecule has 0 aliphatic carbocycles. The summed E-state index contributed by atoms with van der Waals surface area (Å²) in [4.78, 5) is 16.9. The molecule has 0 saturated carbocycles. The molecule has 1 aromatic carbocycles. The van der Waals surface area contributed by atoms with Crippen LogP contribution in [0.5, 0.6) is 0 Å². The fourth-order valence-corrected chi connectivity index (χ4v) is 5.69. The Kier molecular flexibility index (Phi) is 5.27. The van der Waals surface area contributed by atoms with Crippen LogP contribution in [0, 0.1) is 13.8 Å². The molecule has 0 spiro atoms. The third-order valence-corrected chi connectivity index (χ3v) is 7.59. The van der Waals surface area contributed by atoms with E-state index >= 15 is 0 Å². The first-order valence-corrected chi connectivity index (χ1v) is 12.3. The van der Waals surface area contributed by atoms with E-state index in [9.17, 15) is 9.35 Å². The number of amides is 1. The fourth-order valence-electron chi connectivity index (χ4n) is 4.96. The zero-order chi connectivity index (χ0) is 21.7. The van der Waals surface area contributed by atoms with Crippen LogP contribution < -0.4 is 5.32 Å². The molecule has 5 rings (SSSR count). The smallest absolute Gasteiger partial charge is 0.220 e. The first kappa shape index (κ1) is 20.5. The number of carbonyl (C=O) groups excluding carboxylic acids is 1. The number of nitrogens with zero attached hydrogens (tertiary/aromatic N) is 4. The maximum absolute atomic E-state index is 11.9. The van der Waals surface area contributed by atoms with Crippen molar-refractivity contribution in [1.29, 1.82) is 0 Å². The van der Waals surface area contributed by atoms with Crippen LogP contribution in [0.1, 0.15) is 55.0 Å². The molecule has 31 heavy (non-hydrogen) atoms. The summed E-state index contributed by atoms with van der Waals surface area (Å²) in [7, 11) is 0. The van der Waals surface area contributed by atoms with Gasteiger partial charge < -0.3 is 19.0 Å². The van der Waals surface area contributed by atoms with Crippen LogP contribution in [0.4, 0.5) is 0 Å². The van der Waals surface area contributed by atoms with Gasteiger partial charge in [-0.1, -0.05) is 11.2 Å². The van der Waals surface area contributed by atoms with Crippen LogP contribution in [0.2, 0.25) is 0 Å². The van der Waals surface area contributed by atoms with Crippen LogP contribution >= 0.6 is 0 Å². The number of imidazole rings is 1. The van der Waals surface area contributed by atoms with E-state index in [4.69, 9.17) is 9.51 Å². The average molecular weight is 442 g/mol. The number of hydrogen-bond acceptors (Lipinski definition) is 6. The maximum Gasteiger partial charge on any atom is 0.220 e. The van der Waals surface area contributed by atoms with Gasteiger partial charge in [0.2, 0.25) is 5.91 Å². The van der Waals surface area contributed by atoms with Crippen molar-refractivity contribution < 1.29 is 13.9 Å². The monoisotopic (exact) mass is 441 g/mol. The highest BCUT2D eigenvalue weighted by Crippen LogP contribution is 2.36. The topological polar surface area (TPSA) is 99.2 Å². The normalized spacial score (nSPS) is 21.7. The summed E-state index contributed by atoms with van der Waals surface area (Å²) in [6.07, 6.45) is 4.85. The summed E-state index contributed by atoms with van der Waals surface area (Å²) in [6.45, 7) is 5.45. The number of piperidine rings is 1. The Morgan fingerprint density at radius 1 is 1.23 bits per heavy atom. The molecule has 4 heterocycles. The lowest BCUT2D eigenvalue weighted by Crippen LogP contribution is -2.39. The van der Waals surface area contributed by atoms with E-state index in [2.05, 4.69) is 33.2 Å². The summed E-state index contributed by atoms with van der Waals surface area (Å²) < 4.78 is 21.6. The third-order valence-electron chi connectivity index (χ3n) is 6.50. The molecule has 2 aromatic heterocycles. The predicted octanol–water partition coefficient (Wildman–Crippen LogP) is 3.19. The molecule has 3 aromatic rings. The lowest BCUT2D eigenvalue weighted by Gasteiger charge is -2.32. The average Bonchev–Trinajstić information content (AvgIpc) is 3.44. The van der Waals surface area contributed by atoms with Crippen LogP contribution in [-0.4, -0.2) is 48.8 Å². The molecule has 2 fully saturated rings. The van der Waals surface area contributed by atoms with Crippen LogP contribution in [0.15, 0.2) is 22.7 Å². The molecular formula is C22H27N5O3S. The van der Waals surface area contributed by atoms with E-state index in [0.717, 1.165) is 71.8 Å². The molecule has 0 radical (unpaired) electrons. The molecule has 164 valence electrons. The zero-order valence-electron chi connectivity index (χ0n) is 18.1. The molecule has 2 aliphatic heterocycles. The first-order chi connectivity index (χ1) is 14.9. The number of aromatic nitrogens is 3. The zero-order valence-corrected chi connectivity index (χ0v) is 18.9. The van der Waals surface area contributed by atoms with Crippen molar-refractivity contribution in [2.75, 3.05) is 19.3 Å². The van der Waals surface area contributed by atoms with Crippen molar-refractivity contribution in [3.8, 4) is 11.1 Å². The maximum atomic E-state index is 11.9. The lowest BCUT2D eigenvalue weighted by molar-refractivity contribution is -0.119. The molecular weight excluding hydrogens is 414 g/mol. The quantitative estimate of drug-likeness (QED) is 0.624. The Morgan fingerprint density at radius 2 is 2.00 bits per heavy atom. The Labute approximate surface area is 184 Å². The molecule has 2 saturated heterocycles. The largest absolute Gasteiger partial charge is 0.598 e. The van der Waals surface area contributed by atoms with Gasteiger partial charge in [-0.05, 0) is 50.8 Å². The second-order valence-corrected chi connectivity index (χ2v) is 9.85. The number of benzene rings is 1. The van der Waals surface area contributed by atoms with Crippen molar-refractivity contribution in [1.82, 2.24) is 24.3 Å². The number of aryl methyl sites for hydroxylation is 2. The predicted molar refractivity (Wildman–Crippen MR) is 119 cm³/mol.